The fourth-order valence-electron chi connectivity index (χ4n) is 1.43. The summed E-state index contributed by atoms with van der Waals surface area (Å²) < 4.78 is 5.22. The molecule has 1 heteroatoms. The van der Waals surface area contributed by atoms with Gasteiger partial charge in [-0.3, -0.25) is 0 Å². The van der Waals surface area contributed by atoms with Crippen molar-refractivity contribution in [3.8, 4) is 0 Å². The maximum absolute atomic E-state index is 5.22. The van der Waals surface area contributed by atoms with E-state index in [4.69, 9.17) is 4.74 Å². The molecule has 3 aliphatic rings. The minimum absolute atomic E-state index is 0.370. The Bertz CT molecular complexity index is 75.3. The Kier molecular flexibility index (Phi) is 0.487. The van der Waals surface area contributed by atoms with Crippen LogP contribution in [-0.2, 0) is 4.74 Å². The number of hydrogen-bond acceptors (Lipinski definition) is 1. The summed E-state index contributed by atoms with van der Waals surface area (Å²) in [6.07, 6.45) is 3.80. The molecule has 7 heavy (non-hydrogen) atoms. The number of hydrogen-bond donors (Lipinski definition) is 0. The topological polar surface area (TPSA) is 9.23 Å². The normalized spacial score (nSPS) is 33.9. The van der Waals surface area contributed by atoms with Crippen molar-refractivity contribution in [3.63, 3.8) is 0 Å². The highest BCUT2D eigenvalue weighted by Gasteiger charge is 2.57. The van der Waals surface area contributed by atoms with E-state index in [2.05, 4.69) is 0 Å². The summed E-state index contributed by atoms with van der Waals surface area (Å²) in [6, 6.07) is 0. The molecule has 3 fully saturated rings. The summed E-state index contributed by atoms with van der Waals surface area (Å²) in [5.74, 6) is 1.71. The first-order valence-corrected chi connectivity index (χ1v) is 2.73. The van der Waals surface area contributed by atoms with Crippen molar-refractivity contribution in [2.75, 3.05) is 7.11 Å². The molecule has 0 unspecified atom stereocenters. The zero-order valence-corrected chi connectivity index (χ0v) is 4.53. The minimum atomic E-state index is 0.370. The van der Waals surface area contributed by atoms with Crippen LogP contribution in [-0.4, -0.2) is 12.7 Å². The number of methoxy groups -OCH3 is 1. The van der Waals surface area contributed by atoms with E-state index in [0.717, 1.165) is 0 Å². The van der Waals surface area contributed by atoms with Gasteiger partial charge in [-0.1, -0.05) is 0 Å². The first kappa shape index (κ1) is 3.90. The lowest BCUT2D eigenvalue weighted by Gasteiger charge is -2.59. The summed E-state index contributed by atoms with van der Waals surface area (Å²) in [5.41, 5.74) is 0.370. The highest BCUT2D eigenvalue weighted by molar-refractivity contribution is 5.29. The quantitative estimate of drug-likeness (QED) is 0.476. The van der Waals surface area contributed by atoms with E-state index in [9.17, 15) is 0 Å². The molecule has 3 rings (SSSR count). The van der Waals surface area contributed by atoms with Crippen molar-refractivity contribution in [2.24, 2.45) is 0 Å². The average Bonchev–Trinajstić information content (AvgIpc) is 1.25. The van der Waals surface area contributed by atoms with E-state index in [1.807, 2.05) is 7.11 Å². The first-order valence-electron chi connectivity index (χ1n) is 2.73. The van der Waals surface area contributed by atoms with Crippen LogP contribution in [0, 0.1) is 5.92 Å². The molecule has 1 nitrogen and oxygen atoms in total. The summed E-state index contributed by atoms with van der Waals surface area (Å²) in [5, 5.41) is 0. The maximum atomic E-state index is 5.22. The molecule has 0 aromatic carbocycles. The van der Waals surface area contributed by atoms with Crippen LogP contribution in [0.2, 0.25) is 0 Å². The maximum Gasteiger partial charge on any atom is 0.0695 e. The Balaban J connectivity index is 2.03. The van der Waals surface area contributed by atoms with Gasteiger partial charge in [-0.15, -0.1) is 0 Å². The molecule has 39 valence electrons. The van der Waals surface area contributed by atoms with Gasteiger partial charge in [0, 0.05) is 7.11 Å². The van der Waals surface area contributed by atoms with Crippen molar-refractivity contribution in [3.05, 3.63) is 5.92 Å². The molecule has 0 heterocycles. The van der Waals surface area contributed by atoms with E-state index in [-0.39, 0.29) is 0 Å². The second-order valence-electron chi connectivity index (χ2n) is 2.67. The van der Waals surface area contributed by atoms with Crippen molar-refractivity contribution in [1.29, 1.82) is 0 Å². The third kappa shape index (κ3) is 0.290. The lowest BCUT2D eigenvalue weighted by Crippen LogP contribution is -2.57. The van der Waals surface area contributed by atoms with E-state index in [1.54, 1.807) is 5.92 Å². The van der Waals surface area contributed by atoms with Crippen molar-refractivity contribution in [1.82, 2.24) is 0 Å². The predicted octanol–water partition coefficient (Wildman–Crippen LogP) is 1.14. The van der Waals surface area contributed by atoms with E-state index in [1.165, 1.54) is 19.3 Å². The molecule has 0 aliphatic heterocycles. The average molecular weight is 97.1 g/mol. The van der Waals surface area contributed by atoms with Gasteiger partial charge in [0.2, 0.25) is 0 Å². The van der Waals surface area contributed by atoms with Gasteiger partial charge < -0.3 is 4.74 Å². The third-order valence-electron chi connectivity index (χ3n) is 2.15. The number of ether oxygens (including phenoxy) is 1. The van der Waals surface area contributed by atoms with Gasteiger partial charge in [-0.2, -0.15) is 0 Å². The van der Waals surface area contributed by atoms with Crippen molar-refractivity contribution < 1.29 is 4.74 Å². The molecule has 0 spiro atoms. The fraction of sp³-hybridized carbons (Fsp3) is 0.833. The van der Waals surface area contributed by atoms with Crippen LogP contribution in [0.15, 0.2) is 0 Å². The molecule has 0 N–H and O–H groups in total. The van der Waals surface area contributed by atoms with Gasteiger partial charge >= 0.3 is 0 Å². The molecule has 1 radical (unpaired) electrons. The van der Waals surface area contributed by atoms with Crippen LogP contribution in [0.25, 0.3) is 0 Å². The Labute approximate surface area is 43.7 Å². The van der Waals surface area contributed by atoms with Gasteiger partial charge in [0.05, 0.1) is 5.60 Å². The summed E-state index contributed by atoms with van der Waals surface area (Å²) in [6.45, 7) is 0. The fourth-order valence-corrected chi connectivity index (χ4v) is 1.43. The molecule has 3 aliphatic carbocycles. The molecule has 0 aromatic heterocycles. The molecule has 0 saturated heterocycles. The van der Waals surface area contributed by atoms with E-state index in [0.29, 0.717) is 5.60 Å². The molecular weight excluding hydrogens is 88.1 g/mol. The Morgan fingerprint density at radius 3 is 2.00 bits per heavy atom. The monoisotopic (exact) mass is 97.1 g/mol. The molecule has 0 amide bonds. The highest BCUT2D eigenvalue weighted by Crippen LogP contribution is 2.60. The van der Waals surface area contributed by atoms with Crippen molar-refractivity contribution >= 4 is 0 Å². The van der Waals surface area contributed by atoms with E-state index < -0.39 is 0 Å². The Morgan fingerprint density at radius 1 is 1.43 bits per heavy atom. The second kappa shape index (κ2) is 0.873. The Hall–Kier alpha value is -0.0400. The first-order chi connectivity index (χ1) is 3.35. The third-order valence-corrected chi connectivity index (χ3v) is 2.15. The molecule has 0 atom stereocenters. The van der Waals surface area contributed by atoms with Crippen LogP contribution in [0.3, 0.4) is 0 Å². The largest absolute Gasteiger partial charge is 0.378 e. The highest BCUT2D eigenvalue weighted by atomic mass is 16.5. The van der Waals surface area contributed by atoms with Gasteiger partial charge in [0.1, 0.15) is 0 Å². The summed E-state index contributed by atoms with van der Waals surface area (Å²) >= 11 is 0. The minimum Gasteiger partial charge on any atom is -0.378 e. The Morgan fingerprint density at radius 2 is 2.00 bits per heavy atom. The predicted molar refractivity (Wildman–Crippen MR) is 26.8 cm³/mol. The van der Waals surface area contributed by atoms with Gasteiger partial charge in [0.25, 0.3) is 0 Å². The standard InChI is InChI=1S/C6H9O/c1-7-6-2-5(3-6)4-6/h2-4H2,1H3. The zero-order chi connectivity index (χ0) is 4.91. The van der Waals surface area contributed by atoms with E-state index >= 15 is 0 Å². The second-order valence-corrected chi connectivity index (χ2v) is 2.67. The smallest absolute Gasteiger partial charge is 0.0695 e. The van der Waals surface area contributed by atoms with Gasteiger partial charge in [-0.25, -0.2) is 0 Å². The van der Waals surface area contributed by atoms with Crippen LogP contribution in [0.5, 0.6) is 0 Å². The van der Waals surface area contributed by atoms with Gasteiger partial charge in [0.15, 0.2) is 0 Å². The zero-order valence-electron chi connectivity index (χ0n) is 4.53. The molecular formula is C6H9O. The van der Waals surface area contributed by atoms with Crippen LogP contribution < -0.4 is 0 Å². The van der Waals surface area contributed by atoms with Crippen LogP contribution in [0.1, 0.15) is 19.3 Å². The molecule has 0 aromatic rings. The number of rotatable bonds is 1. The summed E-state index contributed by atoms with van der Waals surface area (Å²) in [7, 11) is 1.82. The summed E-state index contributed by atoms with van der Waals surface area (Å²) in [4.78, 5) is 0. The molecule has 3 saturated carbocycles. The molecule has 2 bridgehead atoms. The van der Waals surface area contributed by atoms with Crippen LogP contribution in [0.4, 0.5) is 0 Å². The van der Waals surface area contributed by atoms with Crippen LogP contribution >= 0.6 is 0 Å². The lowest BCUT2D eigenvalue weighted by atomic mass is 9.52. The lowest BCUT2D eigenvalue weighted by molar-refractivity contribution is -0.132. The SMILES string of the molecule is COC12C[C](C1)C2. The van der Waals surface area contributed by atoms with Gasteiger partial charge in [-0.05, 0) is 25.2 Å². The van der Waals surface area contributed by atoms with Crippen molar-refractivity contribution in [2.45, 2.75) is 24.9 Å².